The molecule has 2 aliphatic rings. The van der Waals surface area contributed by atoms with E-state index in [0.29, 0.717) is 6.04 Å². The Balaban J connectivity index is 0.00000156. The number of hydrogen-bond acceptors (Lipinski definition) is 4. The zero-order valence-corrected chi connectivity index (χ0v) is 16.7. The van der Waals surface area contributed by atoms with Crippen molar-refractivity contribution in [3.63, 3.8) is 0 Å². The van der Waals surface area contributed by atoms with E-state index in [2.05, 4.69) is 34.3 Å². The van der Waals surface area contributed by atoms with E-state index in [4.69, 9.17) is 0 Å². The Labute approximate surface area is 163 Å². The first kappa shape index (κ1) is 22.2. The SMILES string of the molecule is CN1CCN(C(C(=O)N(C)C2CCNC2)c2ccccc2)CC1.Cl.Cl. The van der Waals surface area contributed by atoms with Crippen LogP contribution in [0.5, 0.6) is 0 Å². The number of carbonyl (C=O) groups is 1. The number of amides is 1. The van der Waals surface area contributed by atoms with Crippen LogP contribution in [0, 0.1) is 0 Å². The molecule has 1 aromatic carbocycles. The summed E-state index contributed by atoms with van der Waals surface area (Å²) >= 11 is 0. The van der Waals surface area contributed by atoms with Crippen LogP contribution < -0.4 is 5.32 Å². The number of nitrogens with zero attached hydrogens (tertiary/aromatic N) is 3. The van der Waals surface area contributed by atoms with Crippen LogP contribution in [0.3, 0.4) is 0 Å². The van der Waals surface area contributed by atoms with E-state index in [0.717, 1.165) is 51.3 Å². The van der Waals surface area contributed by atoms with Crippen molar-refractivity contribution in [2.45, 2.75) is 18.5 Å². The lowest BCUT2D eigenvalue weighted by Crippen LogP contribution is -2.51. The first-order valence-corrected chi connectivity index (χ1v) is 8.62. The molecule has 1 aromatic rings. The molecule has 7 heteroatoms. The van der Waals surface area contributed by atoms with Gasteiger partial charge in [-0.3, -0.25) is 9.69 Å². The molecule has 25 heavy (non-hydrogen) atoms. The molecule has 3 rings (SSSR count). The Bertz CT molecular complexity index is 517. The van der Waals surface area contributed by atoms with E-state index >= 15 is 0 Å². The van der Waals surface area contributed by atoms with Crippen molar-refractivity contribution in [1.29, 1.82) is 0 Å². The van der Waals surface area contributed by atoms with Gasteiger partial charge in [-0.15, -0.1) is 24.8 Å². The average Bonchev–Trinajstić information content (AvgIpc) is 3.11. The number of halogens is 2. The van der Waals surface area contributed by atoms with E-state index in [-0.39, 0.29) is 36.8 Å². The highest BCUT2D eigenvalue weighted by atomic mass is 35.5. The van der Waals surface area contributed by atoms with E-state index in [1.54, 1.807) is 0 Å². The summed E-state index contributed by atoms with van der Waals surface area (Å²) in [4.78, 5) is 19.9. The second-order valence-electron chi connectivity index (χ2n) is 6.75. The molecule has 5 nitrogen and oxygen atoms in total. The molecule has 0 radical (unpaired) electrons. The zero-order chi connectivity index (χ0) is 16.2. The minimum absolute atomic E-state index is 0. The second kappa shape index (κ2) is 10.3. The highest BCUT2D eigenvalue weighted by Crippen LogP contribution is 2.25. The molecular formula is C18H30Cl2N4O. The Morgan fingerprint density at radius 3 is 2.36 bits per heavy atom. The van der Waals surface area contributed by atoms with Gasteiger partial charge in [-0.1, -0.05) is 30.3 Å². The van der Waals surface area contributed by atoms with Crippen LogP contribution in [-0.2, 0) is 4.79 Å². The minimum atomic E-state index is -0.157. The largest absolute Gasteiger partial charge is 0.340 e. The fourth-order valence-electron chi connectivity index (χ4n) is 3.57. The molecule has 0 spiro atoms. The molecule has 0 bridgehead atoms. The first-order chi connectivity index (χ1) is 11.2. The van der Waals surface area contributed by atoms with Gasteiger partial charge in [0.25, 0.3) is 0 Å². The number of piperazine rings is 1. The number of nitrogens with one attached hydrogen (secondary N) is 1. The summed E-state index contributed by atoms with van der Waals surface area (Å²) in [6.07, 6.45) is 1.05. The lowest BCUT2D eigenvalue weighted by atomic mass is 10.0. The number of benzene rings is 1. The van der Waals surface area contributed by atoms with Crippen LogP contribution in [0.15, 0.2) is 30.3 Å². The third-order valence-corrected chi connectivity index (χ3v) is 5.18. The highest BCUT2D eigenvalue weighted by molar-refractivity contribution is 5.85. The van der Waals surface area contributed by atoms with Crippen molar-refractivity contribution < 1.29 is 4.79 Å². The lowest BCUT2D eigenvalue weighted by Gasteiger charge is -2.39. The average molecular weight is 389 g/mol. The maximum Gasteiger partial charge on any atom is 0.244 e. The van der Waals surface area contributed by atoms with Crippen LogP contribution in [0.4, 0.5) is 0 Å². The predicted octanol–water partition coefficient (Wildman–Crippen LogP) is 1.64. The van der Waals surface area contributed by atoms with Gasteiger partial charge in [0.2, 0.25) is 5.91 Å². The predicted molar refractivity (Wildman–Crippen MR) is 107 cm³/mol. The zero-order valence-electron chi connectivity index (χ0n) is 15.1. The van der Waals surface area contributed by atoms with Crippen molar-refractivity contribution in [3.8, 4) is 0 Å². The second-order valence-corrected chi connectivity index (χ2v) is 6.75. The molecule has 1 N–H and O–H groups in total. The van der Waals surface area contributed by atoms with Gasteiger partial charge < -0.3 is 15.1 Å². The Morgan fingerprint density at radius 2 is 1.80 bits per heavy atom. The van der Waals surface area contributed by atoms with E-state index < -0.39 is 0 Å². The smallest absolute Gasteiger partial charge is 0.244 e. The fourth-order valence-corrected chi connectivity index (χ4v) is 3.57. The van der Waals surface area contributed by atoms with Crippen LogP contribution in [-0.4, -0.2) is 80.0 Å². The van der Waals surface area contributed by atoms with Crippen molar-refractivity contribution >= 4 is 30.7 Å². The van der Waals surface area contributed by atoms with Gasteiger partial charge in [0.15, 0.2) is 0 Å². The highest BCUT2D eigenvalue weighted by Gasteiger charge is 2.34. The Kier molecular flexibility index (Phi) is 9.17. The Morgan fingerprint density at radius 1 is 1.16 bits per heavy atom. The molecule has 2 unspecified atom stereocenters. The lowest BCUT2D eigenvalue weighted by molar-refractivity contribution is -0.138. The molecule has 2 atom stereocenters. The van der Waals surface area contributed by atoms with Gasteiger partial charge in [0.05, 0.1) is 0 Å². The Hall–Kier alpha value is -0.850. The fraction of sp³-hybridized carbons (Fsp3) is 0.611. The quantitative estimate of drug-likeness (QED) is 0.850. The van der Waals surface area contributed by atoms with Crippen LogP contribution in [0.1, 0.15) is 18.0 Å². The van der Waals surface area contributed by atoms with Crippen LogP contribution >= 0.6 is 24.8 Å². The van der Waals surface area contributed by atoms with E-state index in [9.17, 15) is 4.79 Å². The van der Waals surface area contributed by atoms with Crippen molar-refractivity contribution in [3.05, 3.63) is 35.9 Å². The monoisotopic (exact) mass is 388 g/mol. The van der Waals surface area contributed by atoms with Gasteiger partial charge in [-0.25, -0.2) is 0 Å². The number of likely N-dealkylation sites (N-methyl/N-ethyl adjacent to an activating group) is 2. The number of carbonyl (C=O) groups excluding carboxylic acids is 1. The minimum Gasteiger partial charge on any atom is -0.340 e. The van der Waals surface area contributed by atoms with Crippen molar-refractivity contribution in [1.82, 2.24) is 20.0 Å². The molecule has 142 valence electrons. The molecule has 0 aromatic heterocycles. The van der Waals surface area contributed by atoms with Crippen LogP contribution in [0.25, 0.3) is 0 Å². The first-order valence-electron chi connectivity index (χ1n) is 8.62. The summed E-state index contributed by atoms with van der Waals surface area (Å²) in [7, 11) is 4.11. The summed E-state index contributed by atoms with van der Waals surface area (Å²) in [6.45, 7) is 5.84. The molecule has 2 aliphatic heterocycles. The molecule has 2 fully saturated rings. The summed E-state index contributed by atoms with van der Waals surface area (Å²) in [6, 6.07) is 10.4. The summed E-state index contributed by atoms with van der Waals surface area (Å²) in [5.74, 6) is 0.231. The van der Waals surface area contributed by atoms with Gasteiger partial charge in [0, 0.05) is 45.8 Å². The summed E-state index contributed by atoms with van der Waals surface area (Å²) in [5.41, 5.74) is 1.11. The maximum atomic E-state index is 13.3. The standard InChI is InChI=1S/C18H28N4O.2ClH/c1-20-10-12-22(13-11-20)17(15-6-4-3-5-7-15)18(23)21(2)16-8-9-19-14-16;;/h3-7,16-17,19H,8-14H2,1-2H3;2*1H. The maximum absolute atomic E-state index is 13.3. The summed E-state index contributed by atoms with van der Waals surface area (Å²) < 4.78 is 0. The molecule has 1 amide bonds. The van der Waals surface area contributed by atoms with Gasteiger partial charge in [-0.05, 0) is 25.6 Å². The van der Waals surface area contributed by atoms with Crippen molar-refractivity contribution in [2.75, 3.05) is 53.4 Å². The van der Waals surface area contributed by atoms with Gasteiger partial charge in [-0.2, -0.15) is 0 Å². The molecule has 2 heterocycles. The normalized spacial score (nSPS) is 22.6. The summed E-state index contributed by atoms with van der Waals surface area (Å²) in [5, 5.41) is 3.36. The number of hydrogen-bond donors (Lipinski definition) is 1. The van der Waals surface area contributed by atoms with E-state index in [1.807, 2.05) is 30.1 Å². The van der Waals surface area contributed by atoms with Crippen molar-refractivity contribution in [2.24, 2.45) is 0 Å². The van der Waals surface area contributed by atoms with Gasteiger partial charge >= 0.3 is 0 Å². The number of rotatable bonds is 4. The molecule has 0 aliphatic carbocycles. The van der Waals surface area contributed by atoms with Crippen LogP contribution in [0.2, 0.25) is 0 Å². The molecule has 2 saturated heterocycles. The van der Waals surface area contributed by atoms with E-state index in [1.165, 1.54) is 0 Å². The van der Waals surface area contributed by atoms with Gasteiger partial charge in [0.1, 0.15) is 6.04 Å². The molecule has 0 saturated carbocycles. The third kappa shape index (κ3) is 5.31. The topological polar surface area (TPSA) is 38.8 Å². The molecular weight excluding hydrogens is 359 g/mol. The third-order valence-electron chi connectivity index (χ3n) is 5.18.